The molecule has 0 atom stereocenters. The second-order valence-corrected chi connectivity index (χ2v) is 7.71. The van der Waals surface area contributed by atoms with Crippen LogP contribution in [0.3, 0.4) is 0 Å². The first-order valence-corrected chi connectivity index (χ1v) is 9.68. The van der Waals surface area contributed by atoms with Gasteiger partial charge in [-0.05, 0) is 55.5 Å². The van der Waals surface area contributed by atoms with E-state index < -0.39 is 10.0 Å². The topological polar surface area (TPSA) is 49.9 Å². The fourth-order valence-electron chi connectivity index (χ4n) is 2.86. The van der Waals surface area contributed by atoms with E-state index in [4.69, 9.17) is 4.74 Å². The third-order valence-electron chi connectivity index (χ3n) is 4.20. The van der Waals surface area contributed by atoms with Gasteiger partial charge in [-0.15, -0.1) is 0 Å². The van der Waals surface area contributed by atoms with Crippen molar-refractivity contribution in [1.82, 2.24) is 4.31 Å². The van der Waals surface area contributed by atoms with Crippen LogP contribution in [0.15, 0.2) is 53.4 Å². The molecule has 0 radical (unpaired) electrons. The van der Waals surface area contributed by atoms with Crippen molar-refractivity contribution in [2.24, 2.45) is 0 Å². The standard InChI is InChI=1S/C18H21FN2O3S/c1-2-24-17-7-9-18(10-8-17)25(22,23)21-13-11-20(12-14-21)16-5-3-15(19)4-6-16/h3-10H,2,11-14H2,1H3. The molecule has 3 rings (SSSR count). The van der Waals surface area contributed by atoms with Gasteiger partial charge in [0.2, 0.25) is 10.0 Å². The number of benzene rings is 2. The molecular weight excluding hydrogens is 343 g/mol. The van der Waals surface area contributed by atoms with Gasteiger partial charge in [0.05, 0.1) is 11.5 Å². The van der Waals surface area contributed by atoms with Gasteiger partial charge in [-0.1, -0.05) is 0 Å². The summed E-state index contributed by atoms with van der Waals surface area (Å²) in [4.78, 5) is 2.33. The zero-order chi connectivity index (χ0) is 17.9. The first kappa shape index (κ1) is 17.7. The molecule has 1 fully saturated rings. The third-order valence-corrected chi connectivity index (χ3v) is 6.12. The quantitative estimate of drug-likeness (QED) is 0.819. The second-order valence-electron chi connectivity index (χ2n) is 5.77. The molecular formula is C18H21FN2O3S. The Morgan fingerprint density at radius 1 is 0.960 bits per heavy atom. The Kier molecular flexibility index (Phi) is 5.24. The van der Waals surface area contributed by atoms with Crippen molar-refractivity contribution in [1.29, 1.82) is 0 Å². The molecule has 0 saturated carbocycles. The van der Waals surface area contributed by atoms with Crippen molar-refractivity contribution < 1.29 is 17.5 Å². The van der Waals surface area contributed by atoms with E-state index >= 15 is 0 Å². The van der Waals surface area contributed by atoms with Gasteiger partial charge < -0.3 is 9.64 Å². The number of rotatable bonds is 5. The lowest BCUT2D eigenvalue weighted by Crippen LogP contribution is -2.48. The fourth-order valence-corrected chi connectivity index (χ4v) is 4.28. The highest BCUT2D eigenvalue weighted by molar-refractivity contribution is 7.89. The van der Waals surface area contributed by atoms with E-state index in [-0.39, 0.29) is 10.7 Å². The van der Waals surface area contributed by atoms with Crippen molar-refractivity contribution in [3.05, 3.63) is 54.3 Å². The van der Waals surface area contributed by atoms with Crippen molar-refractivity contribution >= 4 is 15.7 Å². The molecule has 5 nitrogen and oxygen atoms in total. The first-order valence-electron chi connectivity index (χ1n) is 8.24. The Labute approximate surface area is 147 Å². The lowest BCUT2D eigenvalue weighted by Gasteiger charge is -2.35. The number of ether oxygens (including phenoxy) is 1. The van der Waals surface area contributed by atoms with E-state index in [1.807, 2.05) is 6.92 Å². The zero-order valence-corrected chi connectivity index (χ0v) is 14.9. The minimum absolute atomic E-state index is 0.270. The lowest BCUT2D eigenvalue weighted by molar-refractivity contribution is 0.340. The van der Waals surface area contributed by atoms with Crippen LogP contribution in [0.5, 0.6) is 5.75 Å². The van der Waals surface area contributed by atoms with Gasteiger partial charge in [0.25, 0.3) is 0 Å². The number of hydrogen-bond acceptors (Lipinski definition) is 4. The van der Waals surface area contributed by atoms with Crippen LogP contribution in [0, 0.1) is 5.82 Å². The normalized spacial score (nSPS) is 16.0. The fraction of sp³-hybridized carbons (Fsp3) is 0.333. The number of anilines is 1. The molecule has 1 aliphatic heterocycles. The van der Waals surface area contributed by atoms with Crippen LogP contribution in [-0.4, -0.2) is 45.5 Å². The molecule has 0 aromatic heterocycles. The highest BCUT2D eigenvalue weighted by atomic mass is 32.2. The highest BCUT2D eigenvalue weighted by Crippen LogP contribution is 2.23. The SMILES string of the molecule is CCOc1ccc(S(=O)(=O)N2CCN(c3ccc(F)cc3)CC2)cc1. The smallest absolute Gasteiger partial charge is 0.243 e. The van der Waals surface area contributed by atoms with Crippen molar-refractivity contribution in [3.63, 3.8) is 0 Å². The molecule has 0 bridgehead atoms. The van der Waals surface area contributed by atoms with Crippen LogP contribution in [-0.2, 0) is 10.0 Å². The summed E-state index contributed by atoms with van der Waals surface area (Å²) in [5.41, 5.74) is 0.902. The molecule has 25 heavy (non-hydrogen) atoms. The summed E-state index contributed by atoms with van der Waals surface area (Å²) >= 11 is 0. The molecule has 0 amide bonds. The Bertz CT molecular complexity index is 799. The van der Waals surface area contributed by atoms with Gasteiger partial charge in [-0.3, -0.25) is 0 Å². The number of halogens is 1. The first-order chi connectivity index (χ1) is 12.0. The Balaban J connectivity index is 1.67. The van der Waals surface area contributed by atoms with Crippen LogP contribution >= 0.6 is 0 Å². The number of nitrogens with zero attached hydrogens (tertiary/aromatic N) is 2. The van der Waals surface area contributed by atoms with Crippen molar-refractivity contribution in [2.45, 2.75) is 11.8 Å². The lowest BCUT2D eigenvalue weighted by atomic mass is 10.2. The molecule has 2 aromatic rings. The predicted molar refractivity (Wildman–Crippen MR) is 95.0 cm³/mol. The molecule has 1 saturated heterocycles. The number of hydrogen-bond donors (Lipinski definition) is 0. The zero-order valence-electron chi connectivity index (χ0n) is 14.1. The summed E-state index contributed by atoms with van der Waals surface area (Å²) < 4.78 is 45.4. The van der Waals surface area contributed by atoms with E-state index in [1.54, 1.807) is 36.4 Å². The van der Waals surface area contributed by atoms with E-state index in [9.17, 15) is 12.8 Å². The largest absolute Gasteiger partial charge is 0.494 e. The van der Waals surface area contributed by atoms with E-state index in [0.29, 0.717) is 38.5 Å². The molecule has 1 heterocycles. The molecule has 0 aliphatic carbocycles. The predicted octanol–water partition coefficient (Wildman–Crippen LogP) is 2.74. The molecule has 0 unspecified atom stereocenters. The molecule has 0 N–H and O–H groups in total. The Morgan fingerprint density at radius 3 is 2.12 bits per heavy atom. The van der Waals surface area contributed by atoms with Gasteiger partial charge in [-0.25, -0.2) is 12.8 Å². The highest BCUT2D eigenvalue weighted by Gasteiger charge is 2.28. The Morgan fingerprint density at radius 2 is 1.56 bits per heavy atom. The minimum Gasteiger partial charge on any atom is -0.494 e. The van der Waals surface area contributed by atoms with Gasteiger partial charge >= 0.3 is 0 Å². The average Bonchev–Trinajstić information content (AvgIpc) is 2.63. The van der Waals surface area contributed by atoms with Crippen LogP contribution in [0.4, 0.5) is 10.1 Å². The molecule has 134 valence electrons. The van der Waals surface area contributed by atoms with Crippen LogP contribution < -0.4 is 9.64 Å². The average molecular weight is 364 g/mol. The minimum atomic E-state index is -3.51. The maximum absolute atomic E-state index is 13.0. The molecule has 2 aromatic carbocycles. The summed E-state index contributed by atoms with van der Waals surface area (Å²) in [5, 5.41) is 0. The summed E-state index contributed by atoms with van der Waals surface area (Å²) in [5.74, 6) is 0.378. The van der Waals surface area contributed by atoms with Gasteiger partial charge in [0.15, 0.2) is 0 Å². The summed E-state index contributed by atoms with van der Waals surface area (Å²) in [6, 6.07) is 12.8. The molecule has 1 aliphatic rings. The van der Waals surface area contributed by atoms with Crippen LogP contribution in [0.1, 0.15) is 6.92 Å². The van der Waals surface area contributed by atoms with Gasteiger partial charge in [0.1, 0.15) is 11.6 Å². The number of sulfonamides is 1. The van der Waals surface area contributed by atoms with Gasteiger partial charge in [-0.2, -0.15) is 4.31 Å². The maximum Gasteiger partial charge on any atom is 0.243 e. The van der Waals surface area contributed by atoms with Crippen molar-refractivity contribution in [2.75, 3.05) is 37.7 Å². The van der Waals surface area contributed by atoms with Crippen molar-refractivity contribution in [3.8, 4) is 5.75 Å². The maximum atomic E-state index is 13.0. The van der Waals surface area contributed by atoms with Gasteiger partial charge in [0, 0.05) is 31.9 Å². The second kappa shape index (κ2) is 7.41. The Hall–Kier alpha value is -2.12. The monoisotopic (exact) mass is 364 g/mol. The van der Waals surface area contributed by atoms with E-state index in [2.05, 4.69) is 4.90 Å². The molecule has 0 spiro atoms. The summed E-state index contributed by atoms with van der Waals surface area (Å²) in [7, 11) is -3.51. The van der Waals surface area contributed by atoms with Crippen LogP contribution in [0.2, 0.25) is 0 Å². The summed E-state index contributed by atoms with van der Waals surface area (Å²) in [6.45, 7) is 4.35. The third kappa shape index (κ3) is 3.93. The van der Waals surface area contributed by atoms with Crippen LogP contribution in [0.25, 0.3) is 0 Å². The summed E-state index contributed by atoms with van der Waals surface area (Å²) in [6.07, 6.45) is 0. The van der Waals surface area contributed by atoms with E-state index in [0.717, 1.165) is 5.69 Å². The molecule has 7 heteroatoms. The van der Waals surface area contributed by atoms with E-state index in [1.165, 1.54) is 16.4 Å². The number of piperazine rings is 1.